The second kappa shape index (κ2) is 5.53. The van der Waals surface area contributed by atoms with Crippen LogP contribution >= 0.6 is 0 Å². The molecule has 0 aromatic heterocycles. The van der Waals surface area contributed by atoms with Gasteiger partial charge < -0.3 is 0 Å². The third kappa shape index (κ3) is 5.21. The zero-order chi connectivity index (χ0) is 12.9. The minimum Gasteiger partial charge on any atom is -0.121 e. The van der Waals surface area contributed by atoms with Crippen molar-refractivity contribution in [3.8, 4) is 11.5 Å². The van der Waals surface area contributed by atoms with Crippen molar-refractivity contribution < 1.29 is 0 Å². The summed E-state index contributed by atoms with van der Waals surface area (Å²) in [5.41, 5.74) is 5.77. The van der Waals surface area contributed by atoms with E-state index in [4.69, 9.17) is 0 Å². The van der Waals surface area contributed by atoms with Gasteiger partial charge in [0, 0.05) is 0 Å². The lowest BCUT2D eigenvalue weighted by atomic mass is 10.4. The molecule has 0 amide bonds. The average Bonchev–Trinajstić information content (AvgIpc) is 2.25. The van der Waals surface area contributed by atoms with E-state index in [-0.39, 0.29) is 0 Å². The first-order chi connectivity index (χ1) is 7.81. The smallest absolute Gasteiger partial charge is 0.121 e. The summed E-state index contributed by atoms with van der Waals surface area (Å²) in [6.07, 6.45) is 2.06. The molecule has 0 aliphatic heterocycles. The Bertz CT molecular complexity index is 439. The molecule has 2 heteroatoms. The highest BCUT2D eigenvalue weighted by atomic mass is 28.3. The molecule has 0 spiro atoms. The summed E-state index contributed by atoms with van der Waals surface area (Å²) in [5.74, 6) is 3.25. The first-order valence-corrected chi connectivity index (χ1v) is 12.6. The Hall–Kier alpha value is -1.05. The maximum atomic E-state index is 3.47. The van der Waals surface area contributed by atoms with Gasteiger partial charge in [-0.2, -0.15) is 0 Å². The maximum Gasteiger partial charge on any atom is 0.163 e. The number of benzene rings is 1. The molecule has 1 aromatic rings. The molecule has 1 rings (SSSR count). The fourth-order valence-electron chi connectivity index (χ4n) is 1.44. The Balaban J connectivity index is 2.81. The molecule has 1 aromatic carbocycles. The molecule has 0 nitrogen and oxygen atoms in total. The fraction of sp³-hybridized carbons (Fsp3) is 0.333. The average molecular weight is 259 g/mol. The second-order valence-corrected chi connectivity index (χ2v) is 15.1. The lowest BCUT2D eigenvalue weighted by Crippen LogP contribution is -2.39. The molecule has 0 saturated heterocycles. The van der Waals surface area contributed by atoms with Crippen LogP contribution in [0.4, 0.5) is 0 Å². The van der Waals surface area contributed by atoms with E-state index >= 15 is 0 Å². The van der Waals surface area contributed by atoms with E-state index in [1.165, 1.54) is 5.19 Å². The van der Waals surface area contributed by atoms with Gasteiger partial charge >= 0.3 is 0 Å². The Morgan fingerprint density at radius 3 is 2.06 bits per heavy atom. The molecular weight excluding hydrogens is 236 g/mol. The fourth-order valence-corrected chi connectivity index (χ4v) is 3.64. The van der Waals surface area contributed by atoms with Gasteiger partial charge in [-0.15, -0.1) is 5.54 Å². The third-order valence-electron chi connectivity index (χ3n) is 2.55. The number of rotatable bonds is 2. The molecule has 0 fully saturated rings. The van der Waals surface area contributed by atoms with E-state index in [2.05, 4.69) is 86.3 Å². The number of hydrogen-bond acceptors (Lipinski definition) is 0. The van der Waals surface area contributed by atoms with Gasteiger partial charge in [0.2, 0.25) is 0 Å². The van der Waals surface area contributed by atoms with Crippen molar-refractivity contribution in [3.05, 3.63) is 42.1 Å². The largest absolute Gasteiger partial charge is 0.163 e. The molecule has 0 N–H and O–H groups in total. The highest BCUT2D eigenvalue weighted by Gasteiger charge is 2.19. The van der Waals surface area contributed by atoms with Gasteiger partial charge in [0.25, 0.3) is 0 Å². The van der Waals surface area contributed by atoms with Crippen molar-refractivity contribution in [3.63, 3.8) is 0 Å². The van der Waals surface area contributed by atoms with Crippen LogP contribution in [-0.2, 0) is 0 Å². The highest BCUT2D eigenvalue weighted by molar-refractivity contribution is 6.96. The molecule has 0 aliphatic carbocycles. The maximum absolute atomic E-state index is 3.47. The molecule has 0 unspecified atom stereocenters. The molecular formula is C15H22Si2. The molecule has 0 radical (unpaired) electrons. The minimum absolute atomic E-state index is 1.10. The molecule has 0 heterocycles. The van der Waals surface area contributed by atoms with Crippen LogP contribution in [0.15, 0.2) is 42.1 Å². The summed E-state index contributed by atoms with van der Waals surface area (Å²) in [6.45, 7) is 11.6. The molecule has 90 valence electrons. The van der Waals surface area contributed by atoms with Crippen LogP contribution in [-0.4, -0.2) is 16.1 Å². The van der Waals surface area contributed by atoms with Gasteiger partial charge in [-0.05, 0) is 11.3 Å². The Labute approximate surface area is 108 Å². The van der Waals surface area contributed by atoms with Crippen LogP contribution in [0.1, 0.15) is 0 Å². The summed E-state index contributed by atoms with van der Waals surface area (Å²) in [6, 6.07) is 10.7. The van der Waals surface area contributed by atoms with E-state index in [1.807, 2.05) is 0 Å². The topological polar surface area (TPSA) is 0 Å². The lowest BCUT2D eigenvalue weighted by molar-refractivity contribution is 1.72. The Morgan fingerprint density at radius 1 is 0.941 bits per heavy atom. The molecule has 0 aliphatic rings. The first-order valence-electron chi connectivity index (χ1n) is 6.07. The summed E-state index contributed by atoms with van der Waals surface area (Å²) in [7, 11) is -2.67. The first kappa shape index (κ1) is 14.0. The highest BCUT2D eigenvalue weighted by Crippen LogP contribution is 2.03. The van der Waals surface area contributed by atoms with Crippen LogP contribution in [0, 0.1) is 11.5 Å². The molecule has 17 heavy (non-hydrogen) atoms. The number of hydrogen-bond donors (Lipinski definition) is 0. The molecule has 0 atom stereocenters. The lowest BCUT2D eigenvalue weighted by Gasteiger charge is -2.14. The quantitative estimate of drug-likeness (QED) is 0.562. The number of allylic oxidation sites excluding steroid dienone is 1. The van der Waals surface area contributed by atoms with Crippen molar-refractivity contribution in [1.82, 2.24) is 0 Å². The van der Waals surface area contributed by atoms with Gasteiger partial charge in [-0.1, -0.05) is 74.7 Å². The predicted molar refractivity (Wildman–Crippen MR) is 83.8 cm³/mol. The van der Waals surface area contributed by atoms with Crippen LogP contribution in [0.25, 0.3) is 0 Å². The van der Waals surface area contributed by atoms with Crippen LogP contribution < -0.4 is 5.19 Å². The Kier molecular flexibility index (Phi) is 4.56. The van der Waals surface area contributed by atoms with Crippen molar-refractivity contribution in [2.75, 3.05) is 0 Å². The monoisotopic (exact) mass is 258 g/mol. The van der Waals surface area contributed by atoms with Crippen molar-refractivity contribution in [1.29, 1.82) is 0 Å². The SMILES string of the molecule is C[Si](C)(C)/C=C/C#C[Si](C)(C)c1ccccc1. The van der Waals surface area contributed by atoms with Gasteiger partial charge in [-0.3, -0.25) is 0 Å². The van der Waals surface area contributed by atoms with Gasteiger partial charge in [-0.25, -0.2) is 0 Å². The molecule has 0 bridgehead atoms. The molecule has 0 saturated carbocycles. The van der Waals surface area contributed by atoms with E-state index in [9.17, 15) is 0 Å². The van der Waals surface area contributed by atoms with Gasteiger partial charge in [0.1, 0.15) is 0 Å². The summed E-state index contributed by atoms with van der Waals surface area (Å²) in [4.78, 5) is 0. The van der Waals surface area contributed by atoms with E-state index in [0.717, 1.165) is 0 Å². The normalized spacial score (nSPS) is 12.3. The van der Waals surface area contributed by atoms with Gasteiger partial charge in [0.05, 0.1) is 8.07 Å². The summed E-state index contributed by atoms with van der Waals surface area (Å²) < 4.78 is 0. The van der Waals surface area contributed by atoms with Crippen molar-refractivity contribution >= 4 is 21.3 Å². The summed E-state index contributed by atoms with van der Waals surface area (Å²) >= 11 is 0. The summed E-state index contributed by atoms with van der Waals surface area (Å²) in [5, 5.41) is 1.41. The van der Waals surface area contributed by atoms with Crippen molar-refractivity contribution in [2.24, 2.45) is 0 Å². The van der Waals surface area contributed by atoms with Crippen LogP contribution in [0.5, 0.6) is 0 Å². The van der Waals surface area contributed by atoms with E-state index < -0.39 is 16.1 Å². The second-order valence-electron chi connectivity index (χ2n) is 5.96. The third-order valence-corrected chi connectivity index (χ3v) is 6.26. The zero-order valence-corrected chi connectivity index (χ0v) is 13.5. The Morgan fingerprint density at radius 2 is 1.53 bits per heavy atom. The van der Waals surface area contributed by atoms with Crippen LogP contribution in [0.3, 0.4) is 0 Å². The van der Waals surface area contributed by atoms with E-state index in [1.54, 1.807) is 0 Å². The zero-order valence-electron chi connectivity index (χ0n) is 11.5. The standard InChI is InChI=1S/C15H22Si2/c1-16(2,3)13-9-10-14-17(4,5)15-11-7-6-8-12-15/h6-9,11-13H,1-5H3/b13-9+. The van der Waals surface area contributed by atoms with Gasteiger partial charge in [0.15, 0.2) is 8.07 Å². The minimum atomic E-state index is -1.57. The van der Waals surface area contributed by atoms with E-state index in [0.29, 0.717) is 0 Å². The predicted octanol–water partition coefficient (Wildman–Crippen LogP) is 3.58. The van der Waals surface area contributed by atoms with Crippen molar-refractivity contribution in [2.45, 2.75) is 32.7 Å². The van der Waals surface area contributed by atoms with Crippen LogP contribution in [0.2, 0.25) is 32.7 Å².